The van der Waals surface area contributed by atoms with Crippen molar-refractivity contribution in [1.82, 2.24) is 4.13 Å². The van der Waals surface area contributed by atoms with Gasteiger partial charge in [0.15, 0.2) is 0 Å². The van der Waals surface area contributed by atoms with Gasteiger partial charge in [-0.25, -0.2) is 8.42 Å². The van der Waals surface area contributed by atoms with Crippen molar-refractivity contribution >= 4 is 34.4 Å². The van der Waals surface area contributed by atoms with Crippen LogP contribution in [0.4, 0.5) is 0 Å². The number of rotatable bonds is 2. The molecule has 0 radical (unpaired) electrons. The summed E-state index contributed by atoms with van der Waals surface area (Å²) in [5.41, 5.74) is 0. The molecule has 0 aliphatic carbocycles. The molecule has 12 heavy (non-hydrogen) atoms. The number of benzene rings is 1. The van der Waals surface area contributed by atoms with Gasteiger partial charge in [-0.3, -0.25) is 0 Å². The molecule has 0 heterocycles. The lowest BCUT2D eigenvalue weighted by molar-refractivity contribution is 0.595. The summed E-state index contributed by atoms with van der Waals surface area (Å²) in [4.78, 5) is 0.0293. The van der Waals surface area contributed by atoms with Crippen LogP contribution in [0.25, 0.3) is 0 Å². The Morgan fingerprint density at radius 3 is 2.42 bits per heavy atom. The second kappa shape index (κ2) is 3.66. The summed E-state index contributed by atoms with van der Waals surface area (Å²) in [5.74, 6) is 0. The van der Waals surface area contributed by atoms with Gasteiger partial charge in [0.25, 0.3) is 10.0 Å². The standard InChI is InChI=1S/C6H6ClNO2S2/c7-5-3-1-2-4-6(5)12(9,10)8-11/h1-4,8,11H. The third-order valence-corrected chi connectivity index (χ3v) is 3.58. The predicted octanol–water partition coefficient (Wildman–Crippen LogP) is 1.46. The van der Waals surface area contributed by atoms with Gasteiger partial charge in [-0.05, 0) is 12.1 Å². The molecule has 1 aromatic carbocycles. The third-order valence-electron chi connectivity index (χ3n) is 1.25. The van der Waals surface area contributed by atoms with Crippen LogP contribution in [0.15, 0.2) is 29.2 Å². The van der Waals surface area contributed by atoms with Crippen molar-refractivity contribution in [2.45, 2.75) is 4.90 Å². The van der Waals surface area contributed by atoms with Crippen LogP contribution in [0.5, 0.6) is 0 Å². The monoisotopic (exact) mass is 223 g/mol. The quantitative estimate of drug-likeness (QED) is 0.746. The van der Waals surface area contributed by atoms with Crippen LogP contribution in [-0.4, -0.2) is 8.42 Å². The van der Waals surface area contributed by atoms with Crippen LogP contribution in [0.3, 0.4) is 0 Å². The maximum atomic E-state index is 11.1. The second-order valence-corrected chi connectivity index (χ2v) is 4.61. The first-order valence-corrected chi connectivity index (χ1v) is 5.29. The average molecular weight is 224 g/mol. The van der Waals surface area contributed by atoms with Crippen molar-refractivity contribution in [2.75, 3.05) is 0 Å². The molecule has 0 unspecified atom stereocenters. The third kappa shape index (κ3) is 1.92. The fourth-order valence-electron chi connectivity index (χ4n) is 0.712. The van der Waals surface area contributed by atoms with Crippen molar-refractivity contribution < 1.29 is 8.42 Å². The smallest absolute Gasteiger partial charge is 0.206 e. The lowest BCUT2D eigenvalue weighted by Crippen LogP contribution is -2.13. The highest BCUT2D eigenvalue weighted by atomic mass is 35.5. The molecule has 1 rings (SSSR count). The average Bonchev–Trinajstić information content (AvgIpc) is 2.05. The number of hydrogen-bond donors (Lipinski definition) is 2. The van der Waals surface area contributed by atoms with Gasteiger partial charge < -0.3 is 0 Å². The zero-order valence-corrected chi connectivity index (χ0v) is 8.33. The van der Waals surface area contributed by atoms with Crippen LogP contribution < -0.4 is 4.13 Å². The van der Waals surface area contributed by atoms with Crippen molar-refractivity contribution in [2.24, 2.45) is 0 Å². The number of halogens is 1. The fourth-order valence-corrected chi connectivity index (χ4v) is 2.13. The fraction of sp³-hybridized carbons (Fsp3) is 0. The Kier molecular flexibility index (Phi) is 3.00. The van der Waals surface area contributed by atoms with E-state index in [0.717, 1.165) is 0 Å². The first-order valence-electron chi connectivity index (χ1n) is 2.98. The van der Waals surface area contributed by atoms with Crippen LogP contribution in [-0.2, 0) is 10.0 Å². The number of sulfonamides is 1. The maximum absolute atomic E-state index is 11.1. The summed E-state index contributed by atoms with van der Waals surface area (Å²) in [7, 11) is -3.55. The molecule has 1 aromatic rings. The first-order chi connectivity index (χ1) is 5.58. The molecule has 0 saturated heterocycles. The Labute approximate surface area is 81.3 Å². The predicted molar refractivity (Wildman–Crippen MR) is 50.8 cm³/mol. The first kappa shape index (κ1) is 9.85. The molecule has 3 nitrogen and oxygen atoms in total. The summed E-state index contributed by atoms with van der Waals surface area (Å²) in [6, 6.07) is 6.14. The minimum Gasteiger partial charge on any atom is -0.206 e. The molecule has 0 aliphatic heterocycles. The molecule has 0 aliphatic rings. The molecule has 0 spiro atoms. The van der Waals surface area contributed by atoms with Gasteiger partial charge >= 0.3 is 0 Å². The van der Waals surface area contributed by atoms with Gasteiger partial charge in [0.1, 0.15) is 4.90 Å². The van der Waals surface area contributed by atoms with Crippen LogP contribution >= 0.6 is 24.4 Å². The van der Waals surface area contributed by atoms with Crippen LogP contribution in [0, 0.1) is 0 Å². The molecule has 1 N–H and O–H groups in total. The highest BCUT2D eigenvalue weighted by molar-refractivity contribution is 8.00. The minimum atomic E-state index is -3.55. The number of nitrogens with one attached hydrogen (secondary N) is 1. The van der Waals surface area contributed by atoms with E-state index in [1.165, 1.54) is 12.1 Å². The topological polar surface area (TPSA) is 46.2 Å². The molecule has 0 atom stereocenters. The van der Waals surface area contributed by atoms with Crippen molar-refractivity contribution in [3.8, 4) is 0 Å². The Morgan fingerprint density at radius 1 is 1.33 bits per heavy atom. The van der Waals surface area contributed by atoms with Crippen molar-refractivity contribution in [3.05, 3.63) is 29.3 Å². The van der Waals surface area contributed by atoms with Gasteiger partial charge in [-0.2, -0.15) is 4.13 Å². The van der Waals surface area contributed by atoms with E-state index in [1.807, 2.05) is 4.13 Å². The van der Waals surface area contributed by atoms with E-state index in [1.54, 1.807) is 12.1 Å². The highest BCUT2D eigenvalue weighted by Crippen LogP contribution is 2.19. The van der Waals surface area contributed by atoms with E-state index in [9.17, 15) is 8.42 Å². The Bertz CT molecular complexity index is 377. The summed E-state index contributed by atoms with van der Waals surface area (Å²) in [6.07, 6.45) is 0. The van der Waals surface area contributed by atoms with Crippen LogP contribution in [0.1, 0.15) is 0 Å². The Morgan fingerprint density at radius 2 is 1.92 bits per heavy atom. The van der Waals surface area contributed by atoms with E-state index in [0.29, 0.717) is 0 Å². The lowest BCUT2D eigenvalue weighted by atomic mass is 10.4. The molecular formula is C6H6ClNO2S2. The van der Waals surface area contributed by atoms with Gasteiger partial charge in [-0.15, -0.1) is 0 Å². The highest BCUT2D eigenvalue weighted by Gasteiger charge is 2.14. The molecule has 0 fully saturated rings. The van der Waals surface area contributed by atoms with E-state index in [2.05, 4.69) is 12.8 Å². The van der Waals surface area contributed by atoms with E-state index < -0.39 is 10.0 Å². The molecule has 0 aromatic heterocycles. The Hall–Kier alpha value is -0.230. The molecule has 0 saturated carbocycles. The summed E-state index contributed by atoms with van der Waals surface area (Å²) in [5, 5.41) is 0.180. The number of thiol groups is 1. The van der Waals surface area contributed by atoms with E-state index in [-0.39, 0.29) is 9.92 Å². The van der Waals surface area contributed by atoms with Crippen molar-refractivity contribution in [3.63, 3.8) is 0 Å². The summed E-state index contributed by atoms with van der Waals surface area (Å²) >= 11 is 9.10. The molecule has 6 heteroatoms. The zero-order valence-electron chi connectivity index (χ0n) is 5.86. The maximum Gasteiger partial charge on any atom is 0.251 e. The van der Waals surface area contributed by atoms with E-state index in [4.69, 9.17) is 11.6 Å². The molecule has 66 valence electrons. The van der Waals surface area contributed by atoms with Crippen LogP contribution in [0.2, 0.25) is 5.02 Å². The summed E-state index contributed by atoms with van der Waals surface area (Å²) in [6.45, 7) is 0. The minimum absolute atomic E-state index is 0.0293. The van der Waals surface area contributed by atoms with Gasteiger partial charge in [-0.1, -0.05) is 36.5 Å². The summed E-state index contributed by atoms with van der Waals surface area (Å²) < 4.78 is 24.2. The largest absolute Gasteiger partial charge is 0.251 e. The SMILES string of the molecule is O=S(=O)(NS)c1ccccc1Cl. The van der Waals surface area contributed by atoms with Crippen molar-refractivity contribution in [1.29, 1.82) is 0 Å². The molecular weight excluding hydrogens is 218 g/mol. The molecule has 0 amide bonds. The Balaban J connectivity index is 3.30. The van der Waals surface area contributed by atoms with Gasteiger partial charge in [0.05, 0.1) is 5.02 Å². The lowest BCUT2D eigenvalue weighted by Gasteiger charge is -2.02. The normalized spacial score (nSPS) is 11.5. The second-order valence-electron chi connectivity index (χ2n) is 2.03. The zero-order chi connectivity index (χ0) is 9.19. The van der Waals surface area contributed by atoms with Gasteiger partial charge in [0, 0.05) is 0 Å². The van der Waals surface area contributed by atoms with Gasteiger partial charge in [0.2, 0.25) is 0 Å². The van der Waals surface area contributed by atoms with E-state index >= 15 is 0 Å². The number of hydrogen-bond acceptors (Lipinski definition) is 3. The molecule has 0 bridgehead atoms.